The van der Waals surface area contributed by atoms with Gasteiger partial charge in [0.2, 0.25) is 11.8 Å². The molecule has 1 aromatic carbocycles. The quantitative estimate of drug-likeness (QED) is 0.585. The highest BCUT2D eigenvalue weighted by Crippen LogP contribution is 2.19. The zero-order valence-corrected chi connectivity index (χ0v) is 15.2. The molecule has 144 valence electrons. The summed E-state index contributed by atoms with van der Waals surface area (Å²) in [6.07, 6.45) is 0.821. The average Bonchev–Trinajstić information content (AvgIpc) is 2.72. The van der Waals surface area contributed by atoms with E-state index in [9.17, 15) is 24.2 Å². The average molecular weight is 366 g/mol. The minimum atomic E-state index is -1.19. The Morgan fingerprint density at radius 1 is 1.15 bits per heavy atom. The van der Waals surface area contributed by atoms with Crippen molar-refractivity contribution in [2.24, 2.45) is 0 Å². The van der Waals surface area contributed by atoms with Crippen molar-refractivity contribution >= 4 is 11.8 Å². The van der Waals surface area contributed by atoms with Crippen LogP contribution in [0.15, 0.2) is 24.3 Å². The van der Waals surface area contributed by atoms with Crippen molar-refractivity contribution in [2.45, 2.75) is 69.7 Å². The molecular formula is C19H27FN2O4. The minimum Gasteiger partial charge on any atom is -0.390 e. The van der Waals surface area contributed by atoms with Gasteiger partial charge in [0.1, 0.15) is 11.4 Å². The normalized spacial score (nSPS) is 23.8. The molecule has 3 atom stereocenters. The van der Waals surface area contributed by atoms with Crippen LogP contribution in [0.4, 0.5) is 4.39 Å². The van der Waals surface area contributed by atoms with Crippen molar-refractivity contribution in [1.82, 2.24) is 10.6 Å². The van der Waals surface area contributed by atoms with Crippen molar-refractivity contribution in [2.75, 3.05) is 0 Å². The Bertz CT molecular complexity index is 633. The zero-order chi connectivity index (χ0) is 19.3. The maximum absolute atomic E-state index is 12.9. The van der Waals surface area contributed by atoms with Crippen LogP contribution >= 0.6 is 0 Å². The molecule has 0 spiro atoms. The van der Waals surface area contributed by atoms with Crippen LogP contribution in [-0.2, 0) is 16.0 Å². The second kappa shape index (κ2) is 8.60. The van der Waals surface area contributed by atoms with Crippen LogP contribution in [0.2, 0.25) is 0 Å². The summed E-state index contributed by atoms with van der Waals surface area (Å²) in [6.45, 7) is 3.15. The molecule has 2 amide bonds. The number of amides is 2. The summed E-state index contributed by atoms with van der Waals surface area (Å²) >= 11 is 0. The molecule has 7 heteroatoms. The summed E-state index contributed by atoms with van der Waals surface area (Å²) in [4.78, 5) is 24.8. The van der Waals surface area contributed by atoms with Gasteiger partial charge >= 0.3 is 0 Å². The number of aliphatic hydroxyl groups excluding tert-OH is 2. The van der Waals surface area contributed by atoms with Crippen LogP contribution in [0, 0.1) is 5.82 Å². The summed E-state index contributed by atoms with van der Waals surface area (Å²) in [5.74, 6) is -1.17. The monoisotopic (exact) mass is 366 g/mol. The van der Waals surface area contributed by atoms with Crippen LogP contribution in [0.1, 0.15) is 45.1 Å². The summed E-state index contributed by atoms with van der Waals surface area (Å²) < 4.78 is 12.9. The number of benzene rings is 1. The Morgan fingerprint density at radius 2 is 1.77 bits per heavy atom. The number of aliphatic hydroxyl groups is 2. The Balaban J connectivity index is 1.93. The summed E-state index contributed by atoms with van der Waals surface area (Å²) in [5, 5.41) is 25.4. The van der Waals surface area contributed by atoms with Gasteiger partial charge in [-0.25, -0.2) is 4.39 Å². The van der Waals surface area contributed by atoms with Crippen LogP contribution in [0.25, 0.3) is 0 Å². The fourth-order valence-corrected chi connectivity index (χ4v) is 3.07. The molecule has 0 radical (unpaired) electrons. The third-order valence-corrected chi connectivity index (χ3v) is 4.69. The lowest BCUT2D eigenvalue weighted by Gasteiger charge is -2.30. The first-order valence-corrected chi connectivity index (χ1v) is 8.91. The van der Waals surface area contributed by atoms with Gasteiger partial charge in [-0.3, -0.25) is 9.59 Å². The molecule has 0 aromatic heterocycles. The molecule has 0 bridgehead atoms. The molecular weight excluding hydrogens is 339 g/mol. The molecule has 1 aliphatic rings. The van der Waals surface area contributed by atoms with Crippen molar-refractivity contribution in [3.63, 3.8) is 0 Å². The summed E-state index contributed by atoms with van der Waals surface area (Å²) in [6, 6.07) is 5.04. The molecule has 1 saturated carbocycles. The van der Waals surface area contributed by atoms with E-state index in [1.807, 2.05) is 0 Å². The molecule has 1 aromatic rings. The fraction of sp³-hybridized carbons (Fsp3) is 0.579. The number of halogens is 1. The van der Waals surface area contributed by atoms with E-state index in [4.69, 9.17) is 0 Å². The van der Waals surface area contributed by atoms with E-state index in [0.29, 0.717) is 18.4 Å². The highest BCUT2D eigenvalue weighted by Gasteiger charge is 2.35. The largest absolute Gasteiger partial charge is 0.390 e. The summed E-state index contributed by atoms with van der Waals surface area (Å²) in [7, 11) is 0. The molecule has 2 rings (SSSR count). The molecule has 0 aliphatic heterocycles. The lowest BCUT2D eigenvalue weighted by Crippen LogP contribution is -2.59. The van der Waals surface area contributed by atoms with Gasteiger partial charge in [0.15, 0.2) is 0 Å². The van der Waals surface area contributed by atoms with Crippen LogP contribution in [0.3, 0.4) is 0 Å². The first kappa shape index (κ1) is 20.3. The molecule has 0 heterocycles. The van der Waals surface area contributed by atoms with Gasteiger partial charge in [0.05, 0.1) is 24.7 Å². The van der Waals surface area contributed by atoms with E-state index in [-0.39, 0.29) is 18.1 Å². The Kier molecular flexibility index (Phi) is 6.72. The van der Waals surface area contributed by atoms with Crippen LogP contribution in [-0.4, -0.2) is 45.8 Å². The third kappa shape index (κ3) is 5.51. The van der Waals surface area contributed by atoms with E-state index in [1.165, 1.54) is 24.3 Å². The number of hydrogen-bond donors (Lipinski definition) is 4. The first-order valence-electron chi connectivity index (χ1n) is 8.91. The van der Waals surface area contributed by atoms with E-state index >= 15 is 0 Å². The van der Waals surface area contributed by atoms with E-state index in [2.05, 4.69) is 10.6 Å². The number of nitrogens with one attached hydrogen (secondary N) is 2. The van der Waals surface area contributed by atoms with Crippen molar-refractivity contribution in [1.29, 1.82) is 0 Å². The van der Waals surface area contributed by atoms with Gasteiger partial charge in [-0.2, -0.15) is 0 Å². The van der Waals surface area contributed by atoms with Gasteiger partial charge < -0.3 is 20.8 Å². The molecule has 0 saturated heterocycles. The Hall–Kier alpha value is -1.99. The SMILES string of the molecule is CC(C)(NC(=O)Cc1ccc(F)cc1)C(=O)N[C@@H]1CCCC[C@@H](O)[C@@H]1O. The Labute approximate surface area is 152 Å². The summed E-state index contributed by atoms with van der Waals surface area (Å²) in [5.41, 5.74) is -0.545. The van der Waals surface area contributed by atoms with Gasteiger partial charge in [0, 0.05) is 0 Å². The first-order chi connectivity index (χ1) is 12.2. The van der Waals surface area contributed by atoms with Crippen molar-refractivity contribution in [3.05, 3.63) is 35.6 Å². The topological polar surface area (TPSA) is 98.7 Å². The van der Waals surface area contributed by atoms with Gasteiger partial charge in [-0.05, 0) is 44.4 Å². The standard InChI is InChI=1S/C19H27FN2O4/c1-19(2,22-16(24)11-12-7-9-13(20)10-8-12)18(26)21-14-5-3-4-6-15(23)17(14)25/h7-10,14-15,17,23,25H,3-6,11H2,1-2H3,(H,21,26)(H,22,24)/t14-,15-,17-/m1/s1. The lowest BCUT2D eigenvalue weighted by atomic mass is 9.99. The van der Waals surface area contributed by atoms with Gasteiger partial charge in [0.25, 0.3) is 0 Å². The number of carbonyl (C=O) groups is 2. The molecule has 0 unspecified atom stereocenters. The van der Waals surface area contributed by atoms with Crippen LogP contribution in [0.5, 0.6) is 0 Å². The Morgan fingerprint density at radius 3 is 2.42 bits per heavy atom. The number of rotatable bonds is 5. The van der Waals surface area contributed by atoms with Crippen molar-refractivity contribution in [3.8, 4) is 0 Å². The third-order valence-electron chi connectivity index (χ3n) is 4.69. The molecule has 6 nitrogen and oxygen atoms in total. The van der Waals surface area contributed by atoms with Gasteiger partial charge in [-0.1, -0.05) is 25.0 Å². The van der Waals surface area contributed by atoms with Gasteiger partial charge in [-0.15, -0.1) is 0 Å². The van der Waals surface area contributed by atoms with E-state index in [1.54, 1.807) is 13.8 Å². The molecule has 4 N–H and O–H groups in total. The smallest absolute Gasteiger partial charge is 0.245 e. The fourth-order valence-electron chi connectivity index (χ4n) is 3.07. The maximum atomic E-state index is 12.9. The second-order valence-corrected chi connectivity index (χ2v) is 7.40. The highest BCUT2D eigenvalue weighted by molar-refractivity contribution is 5.91. The van der Waals surface area contributed by atoms with Crippen molar-refractivity contribution < 1.29 is 24.2 Å². The number of carbonyl (C=O) groups excluding carboxylic acids is 2. The molecule has 1 aliphatic carbocycles. The zero-order valence-electron chi connectivity index (χ0n) is 15.2. The van der Waals surface area contributed by atoms with E-state index < -0.39 is 29.7 Å². The van der Waals surface area contributed by atoms with Crippen LogP contribution < -0.4 is 10.6 Å². The minimum absolute atomic E-state index is 0.0295. The maximum Gasteiger partial charge on any atom is 0.245 e. The van der Waals surface area contributed by atoms with E-state index in [0.717, 1.165) is 12.8 Å². The highest BCUT2D eigenvalue weighted by atomic mass is 19.1. The second-order valence-electron chi connectivity index (χ2n) is 7.40. The molecule has 1 fully saturated rings. The predicted octanol–water partition coefficient (Wildman–Crippen LogP) is 1.04. The predicted molar refractivity (Wildman–Crippen MR) is 94.7 cm³/mol. The number of hydrogen-bond acceptors (Lipinski definition) is 4. The molecule has 26 heavy (non-hydrogen) atoms. The lowest BCUT2D eigenvalue weighted by molar-refractivity contribution is -0.133.